The number of hydrogen-bond donors (Lipinski definition) is 2. The summed E-state index contributed by atoms with van der Waals surface area (Å²) in [6, 6.07) is 12.2. The van der Waals surface area contributed by atoms with Crippen LogP contribution < -0.4 is 10.2 Å². The Kier molecular flexibility index (Phi) is 4.19. The van der Waals surface area contributed by atoms with Crippen LogP contribution in [0, 0.1) is 5.92 Å². The number of para-hydroxylation sites is 1. The molecule has 6 nitrogen and oxygen atoms in total. The summed E-state index contributed by atoms with van der Waals surface area (Å²) in [5, 5.41) is 14.7. The number of β-amino-alcohol motifs (C(OH)–C–C–N with tert-alkyl or cyclic N) is 1. The van der Waals surface area contributed by atoms with E-state index in [0.29, 0.717) is 6.54 Å². The first-order valence-electron chi connectivity index (χ1n) is 8.51. The highest BCUT2D eigenvalue weighted by Crippen LogP contribution is 2.28. The molecule has 3 heterocycles. The molecule has 2 N–H and O–H groups in total. The van der Waals surface area contributed by atoms with Crippen LogP contribution in [0.1, 0.15) is 5.69 Å². The van der Waals surface area contributed by atoms with E-state index in [1.165, 1.54) is 0 Å². The van der Waals surface area contributed by atoms with Gasteiger partial charge in [-0.05, 0) is 18.6 Å². The summed E-state index contributed by atoms with van der Waals surface area (Å²) in [6.07, 6.45) is 3.69. The molecule has 1 fully saturated rings. The summed E-state index contributed by atoms with van der Waals surface area (Å²) in [6.45, 7) is 1.30. The molecule has 25 heavy (non-hydrogen) atoms. The van der Waals surface area contributed by atoms with Crippen molar-refractivity contribution in [3.8, 4) is 0 Å². The summed E-state index contributed by atoms with van der Waals surface area (Å²) in [4.78, 5) is 15.6. The smallest absolute Gasteiger partial charge is 0.171 e. The van der Waals surface area contributed by atoms with Crippen molar-refractivity contribution >= 4 is 22.5 Å². The molecule has 1 aliphatic heterocycles. The zero-order valence-electron chi connectivity index (χ0n) is 14.1. The van der Waals surface area contributed by atoms with Crippen LogP contribution in [0.4, 0.5) is 11.6 Å². The first-order chi connectivity index (χ1) is 12.2. The molecule has 2 aromatic heterocycles. The summed E-state index contributed by atoms with van der Waals surface area (Å²) in [5.41, 5.74) is 2.01. The molecule has 0 spiro atoms. The van der Waals surface area contributed by atoms with Crippen molar-refractivity contribution in [3.63, 3.8) is 0 Å². The second kappa shape index (κ2) is 6.64. The standard InChI is InChI=1S/C19H21N5O/c1-20-18-19(22-9-8-21-18)24-11-14(17(25)12-24)10-15-7-6-13-4-2-3-5-16(13)23-15/h2-9,14,17,25H,10-12H2,1H3,(H,20,21)/t14-,17-/m1/s1. The molecule has 1 aromatic carbocycles. The average Bonchev–Trinajstić information content (AvgIpc) is 3.02. The highest BCUT2D eigenvalue weighted by molar-refractivity contribution is 5.78. The number of aliphatic hydroxyl groups is 1. The van der Waals surface area contributed by atoms with Gasteiger partial charge in [0.15, 0.2) is 11.6 Å². The monoisotopic (exact) mass is 335 g/mol. The number of pyridine rings is 1. The lowest BCUT2D eigenvalue weighted by Gasteiger charge is -2.19. The molecule has 6 heteroatoms. The lowest BCUT2D eigenvalue weighted by molar-refractivity contribution is 0.148. The van der Waals surface area contributed by atoms with E-state index in [1.807, 2.05) is 25.2 Å². The predicted octanol–water partition coefficient (Wildman–Crippen LogP) is 2.11. The largest absolute Gasteiger partial charge is 0.391 e. The Morgan fingerprint density at radius 2 is 1.96 bits per heavy atom. The van der Waals surface area contributed by atoms with Gasteiger partial charge in [0.25, 0.3) is 0 Å². The van der Waals surface area contributed by atoms with Crippen LogP contribution in [0.2, 0.25) is 0 Å². The van der Waals surface area contributed by atoms with Crippen molar-refractivity contribution < 1.29 is 5.11 Å². The van der Waals surface area contributed by atoms with Crippen LogP contribution in [0.3, 0.4) is 0 Å². The quantitative estimate of drug-likeness (QED) is 0.761. The van der Waals surface area contributed by atoms with Crippen molar-refractivity contribution in [3.05, 3.63) is 54.5 Å². The van der Waals surface area contributed by atoms with Crippen molar-refractivity contribution in [2.45, 2.75) is 12.5 Å². The van der Waals surface area contributed by atoms with Crippen LogP contribution in [-0.2, 0) is 6.42 Å². The molecule has 1 aliphatic rings. The second-order valence-electron chi connectivity index (χ2n) is 6.41. The fraction of sp³-hybridized carbons (Fsp3) is 0.316. The van der Waals surface area contributed by atoms with E-state index in [1.54, 1.807) is 12.4 Å². The third-order valence-corrected chi connectivity index (χ3v) is 4.75. The molecule has 4 rings (SSSR count). The predicted molar refractivity (Wildman–Crippen MR) is 98.7 cm³/mol. The third-order valence-electron chi connectivity index (χ3n) is 4.75. The number of anilines is 2. The first kappa shape index (κ1) is 15.8. The van der Waals surface area contributed by atoms with Crippen LogP contribution in [0.5, 0.6) is 0 Å². The van der Waals surface area contributed by atoms with E-state index in [-0.39, 0.29) is 5.92 Å². The Morgan fingerprint density at radius 3 is 2.84 bits per heavy atom. The number of rotatable bonds is 4. The molecule has 0 bridgehead atoms. The second-order valence-corrected chi connectivity index (χ2v) is 6.41. The fourth-order valence-electron chi connectivity index (χ4n) is 3.46. The van der Waals surface area contributed by atoms with Gasteiger partial charge in [0.05, 0.1) is 11.6 Å². The van der Waals surface area contributed by atoms with E-state index in [4.69, 9.17) is 4.98 Å². The first-order valence-corrected chi connectivity index (χ1v) is 8.51. The van der Waals surface area contributed by atoms with Gasteiger partial charge < -0.3 is 15.3 Å². The highest BCUT2D eigenvalue weighted by atomic mass is 16.3. The van der Waals surface area contributed by atoms with Crippen molar-refractivity contribution in [1.29, 1.82) is 0 Å². The van der Waals surface area contributed by atoms with Gasteiger partial charge in [-0.3, -0.25) is 4.98 Å². The Hall–Kier alpha value is -2.73. The normalized spacial score (nSPS) is 20.2. The number of aromatic nitrogens is 3. The van der Waals surface area contributed by atoms with E-state index in [2.05, 4.69) is 38.4 Å². The Bertz CT molecular complexity index is 884. The summed E-state index contributed by atoms with van der Waals surface area (Å²) >= 11 is 0. The van der Waals surface area contributed by atoms with Gasteiger partial charge in [0, 0.05) is 49.5 Å². The van der Waals surface area contributed by atoms with Gasteiger partial charge in [-0.15, -0.1) is 0 Å². The Morgan fingerprint density at radius 1 is 1.12 bits per heavy atom. The SMILES string of the molecule is CNc1nccnc1N1C[C@@H](Cc2ccc3ccccc3n2)[C@H](O)C1. The molecule has 128 valence electrons. The molecular weight excluding hydrogens is 314 g/mol. The number of aliphatic hydroxyl groups excluding tert-OH is 1. The summed E-state index contributed by atoms with van der Waals surface area (Å²) in [5.74, 6) is 1.65. The third kappa shape index (κ3) is 3.13. The van der Waals surface area contributed by atoms with Gasteiger partial charge in [0.2, 0.25) is 0 Å². The number of nitrogens with one attached hydrogen (secondary N) is 1. The molecule has 0 aliphatic carbocycles. The van der Waals surface area contributed by atoms with Crippen LogP contribution in [-0.4, -0.2) is 46.3 Å². The number of fused-ring (bicyclic) bond motifs is 1. The van der Waals surface area contributed by atoms with Gasteiger partial charge in [-0.25, -0.2) is 9.97 Å². The van der Waals surface area contributed by atoms with E-state index in [9.17, 15) is 5.11 Å². The Balaban J connectivity index is 1.53. The lowest BCUT2D eigenvalue weighted by atomic mass is 9.99. The van der Waals surface area contributed by atoms with Crippen molar-refractivity contribution in [2.75, 3.05) is 30.4 Å². The minimum absolute atomic E-state index is 0.125. The molecule has 2 atom stereocenters. The molecule has 0 unspecified atom stereocenters. The Labute approximate surface area is 146 Å². The maximum Gasteiger partial charge on any atom is 0.171 e. The molecule has 0 saturated carbocycles. The van der Waals surface area contributed by atoms with Gasteiger partial charge in [-0.1, -0.05) is 24.3 Å². The van der Waals surface area contributed by atoms with Crippen LogP contribution >= 0.6 is 0 Å². The number of nitrogens with zero attached hydrogens (tertiary/aromatic N) is 4. The molecular formula is C19H21N5O. The van der Waals surface area contributed by atoms with E-state index >= 15 is 0 Å². The maximum atomic E-state index is 10.5. The molecule has 3 aromatic rings. The van der Waals surface area contributed by atoms with Crippen molar-refractivity contribution in [1.82, 2.24) is 15.0 Å². The lowest BCUT2D eigenvalue weighted by Crippen LogP contribution is -2.23. The zero-order valence-corrected chi connectivity index (χ0v) is 14.1. The van der Waals surface area contributed by atoms with Gasteiger partial charge in [-0.2, -0.15) is 0 Å². The van der Waals surface area contributed by atoms with Crippen molar-refractivity contribution in [2.24, 2.45) is 5.92 Å². The van der Waals surface area contributed by atoms with Crippen LogP contribution in [0.25, 0.3) is 10.9 Å². The maximum absolute atomic E-state index is 10.5. The minimum Gasteiger partial charge on any atom is -0.391 e. The summed E-state index contributed by atoms with van der Waals surface area (Å²) in [7, 11) is 1.83. The minimum atomic E-state index is -0.403. The zero-order chi connectivity index (χ0) is 17.2. The molecule has 0 amide bonds. The highest BCUT2D eigenvalue weighted by Gasteiger charge is 2.33. The van der Waals surface area contributed by atoms with Gasteiger partial charge >= 0.3 is 0 Å². The fourth-order valence-corrected chi connectivity index (χ4v) is 3.46. The number of hydrogen-bond acceptors (Lipinski definition) is 6. The molecule has 1 saturated heterocycles. The summed E-state index contributed by atoms with van der Waals surface area (Å²) < 4.78 is 0. The number of benzene rings is 1. The molecule has 0 radical (unpaired) electrons. The van der Waals surface area contributed by atoms with E-state index in [0.717, 1.165) is 41.2 Å². The van der Waals surface area contributed by atoms with Gasteiger partial charge in [0.1, 0.15) is 0 Å². The topological polar surface area (TPSA) is 74.2 Å². The average molecular weight is 335 g/mol. The van der Waals surface area contributed by atoms with E-state index < -0.39 is 6.10 Å². The van der Waals surface area contributed by atoms with Crippen LogP contribution in [0.15, 0.2) is 48.8 Å².